The summed E-state index contributed by atoms with van der Waals surface area (Å²) in [6.45, 7) is 1.56. The van der Waals surface area contributed by atoms with E-state index in [1.165, 1.54) is 0 Å². The van der Waals surface area contributed by atoms with Crippen LogP contribution in [0.25, 0.3) is 0 Å². The van der Waals surface area contributed by atoms with Gasteiger partial charge in [0.25, 0.3) is 5.91 Å². The van der Waals surface area contributed by atoms with E-state index in [1.54, 1.807) is 18.0 Å². The molecule has 0 spiro atoms. The summed E-state index contributed by atoms with van der Waals surface area (Å²) in [5, 5.41) is 10.7. The molecule has 0 radical (unpaired) electrons. The summed E-state index contributed by atoms with van der Waals surface area (Å²) in [6, 6.07) is 16.6. The van der Waals surface area contributed by atoms with E-state index in [0.717, 1.165) is 24.5 Å². The fraction of sp³-hybridized carbons (Fsp3) is 0.273. The number of piperidine rings is 1. The van der Waals surface area contributed by atoms with Crippen LogP contribution in [0.2, 0.25) is 0 Å². The lowest BCUT2D eigenvalue weighted by molar-refractivity contribution is -0.126. The predicted molar refractivity (Wildman–Crippen MR) is 118 cm³/mol. The Bertz CT molecular complexity index is 955. The predicted octanol–water partition coefficient (Wildman–Crippen LogP) is 3.82. The maximum absolute atomic E-state index is 13.2. The van der Waals surface area contributed by atoms with E-state index < -0.39 is 5.54 Å². The van der Waals surface area contributed by atoms with E-state index in [-0.39, 0.29) is 18.3 Å². The topological polar surface area (TPSA) is 77.4 Å². The zero-order valence-corrected chi connectivity index (χ0v) is 17.5. The molecule has 4 rings (SSSR count). The molecule has 1 amide bonds. The van der Waals surface area contributed by atoms with Gasteiger partial charge in [-0.2, -0.15) is 5.10 Å². The van der Waals surface area contributed by atoms with E-state index >= 15 is 0 Å². The second-order valence-corrected chi connectivity index (χ2v) is 6.99. The highest BCUT2D eigenvalue weighted by Crippen LogP contribution is 2.30. The summed E-state index contributed by atoms with van der Waals surface area (Å²) in [5.74, 6) is 2.05. The van der Waals surface area contributed by atoms with E-state index in [2.05, 4.69) is 15.7 Å². The molecule has 2 aromatic carbocycles. The van der Waals surface area contributed by atoms with Gasteiger partial charge in [-0.15, -0.1) is 12.4 Å². The highest BCUT2D eigenvalue weighted by molar-refractivity contribution is 5.96. The van der Waals surface area contributed by atoms with Crippen LogP contribution in [0.4, 0.5) is 5.69 Å². The summed E-state index contributed by atoms with van der Waals surface area (Å²) >= 11 is 0. The van der Waals surface area contributed by atoms with Crippen LogP contribution in [0.3, 0.4) is 0 Å². The molecule has 1 aromatic heterocycles. The summed E-state index contributed by atoms with van der Waals surface area (Å²) in [6.07, 6.45) is 4.95. The van der Waals surface area contributed by atoms with Crippen LogP contribution in [0.1, 0.15) is 12.8 Å². The van der Waals surface area contributed by atoms with Gasteiger partial charge < -0.3 is 20.1 Å². The average molecular weight is 429 g/mol. The Hall–Kier alpha value is -3.03. The molecule has 1 aliphatic heterocycles. The molecule has 8 heteroatoms. The molecule has 2 heterocycles. The van der Waals surface area contributed by atoms with Crippen molar-refractivity contribution in [2.45, 2.75) is 18.4 Å². The summed E-state index contributed by atoms with van der Waals surface area (Å²) in [4.78, 5) is 13.2. The quantitative estimate of drug-likeness (QED) is 0.624. The number of halogens is 1. The minimum atomic E-state index is -0.676. The smallest absolute Gasteiger partial charge is 0.252 e. The third kappa shape index (κ3) is 4.58. The van der Waals surface area contributed by atoms with Crippen molar-refractivity contribution in [1.82, 2.24) is 15.1 Å². The van der Waals surface area contributed by atoms with Crippen molar-refractivity contribution in [2.75, 3.05) is 25.5 Å². The molecule has 7 nitrogen and oxygen atoms in total. The van der Waals surface area contributed by atoms with Crippen molar-refractivity contribution in [3.05, 3.63) is 67.0 Å². The first-order chi connectivity index (χ1) is 14.2. The van der Waals surface area contributed by atoms with Crippen LogP contribution < -0.4 is 20.1 Å². The Balaban J connectivity index is 0.00000256. The number of aromatic nitrogens is 2. The van der Waals surface area contributed by atoms with E-state index in [1.807, 2.05) is 60.8 Å². The van der Waals surface area contributed by atoms with Gasteiger partial charge in [0, 0.05) is 24.1 Å². The van der Waals surface area contributed by atoms with Gasteiger partial charge >= 0.3 is 0 Å². The number of rotatable bonds is 6. The first-order valence-electron chi connectivity index (χ1n) is 9.64. The minimum Gasteiger partial charge on any atom is -0.497 e. The Morgan fingerprint density at radius 1 is 1.07 bits per heavy atom. The van der Waals surface area contributed by atoms with Crippen molar-refractivity contribution in [3.8, 4) is 17.2 Å². The molecular formula is C22H25ClN4O3. The Labute approximate surface area is 181 Å². The van der Waals surface area contributed by atoms with Gasteiger partial charge in [0.15, 0.2) is 0 Å². The molecule has 0 unspecified atom stereocenters. The number of nitrogens with one attached hydrogen (secondary N) is 2. The van der Waals surface area contributed by atoms with E-state index in [9.17, 15) is 4.79 Å². The molecule has 158 valence electrons. The standard InChI is InChI=1S/C22H24N4O3.ClH/c1-28-19-4-2-5-20(16-19)29-18-8-6-17(7-9-18)25-21(27)22(10-13-23-14-11-22)26-15-3-12-24-26;/h2-9,12,15-16,23H,10-11,13-14H2,1H3,(H,25,27);1H. The molecule has 1 fully saturated rings. The lowest BCUT2D eigenvalue weighted by Crippen LogP contribution is -2.52. The largest absolute Gasteiger partial charge is 0.497 e. The molecule has 1 saturated heterocycles. The summed E-state index contributed by atoms with van der Waals surface area (Å²) in [5.41, 5.74) is 0.0443. The fourth-order valence-electron chi connectivity index (χ4n) is 3.58. The second kappa shape index (κ2) is 9.65. The van der Waals surface area contributed by atoms with Crippen molar-refractivity contribution in [3.63, 3.8) is 0 Å². The minimum absolute atomic E-state index is 0. The number of hydrogen-bond donors (Lipinski definition) is 2. The number of nitrogens with zero attached hydrogens (tertiary/aromatic N) is 2. The van der Waals surface area contributed by atoms with Gasteiger partial charge in [-0.1, -0.05) is 6.07 Å². The highest BCUT2D eigenvalue weighted by atomic mass is 35.5. The molecule has 30 heavy (non-hydrogen) atoms. The van der Waals surface area contributed by atoms with Gasteiger partial charge in [0.2, 0.25) is 0 Å². The third-order valence-electron chi connectivity index (χ3n) is 5.19. The van der Waals surface area contributed by atoms with Crippen LogP contribution in [0.15, 0.2) is 67.0 Å². The van der Waals surface area contributed by atoms with Crippen molar-refractivity contribution < 1.29 is 14.3 Å². The molecule has 3 aromatic rings. The third-order valence-corrected chi connectivity index (χ3v) is 5.19. The van der Waals surface area contributed by atoms with E-state index in [0.29, 0.717) is 24.3 Å². The highest BCUT2D eigenvalue weighted by Gasteiger charge is 2.42. The number of carbonyl (C=O) groups excluding carboxylic acids is 1. The van der Waals surface area contributed by atoms with Crippen LogP contribution in [-0.2, 0) is 10.3 Å². The zero-order valence-electron chi connectivity index (χ0n) is 16.7. The van der Waals surface area contributed by atoms with Gasteiger partial charge in [0.1, 0.15) is 22.8 Å². The Morgan fingerprint density at radius 2 is 1.80 bits per heavy atom. The van der Waals surface area contributed by atoms with Crippen LogP contribution >= 0.6 is 12.4 Å². The van der Waals surface area contributed by atoms with Crippen LogP contribution in [0, 0.1) is 0 Å². The number of anilines is 1. The normalized spacial score (nSPS) is 15.0. The molecule has 0 bridgehead atoms. The molecule has 0 atom stereocenters. The lowest BCUT2D eigenvalue weighted by atomic mass is 9.87. The van der Waals surface area contributed by atoms with E-state index in [4.69, 9.17) is 9.47 Å². The maximum atomic E-state index is 13.2. The summed E-state index contributed by atoms with van der Waals surface area (Å²) in [7, 11) is 1.62. The molecule has 0 aliphatic carbocycles. The first kappa shape index (κ1) is 21.7. The molecule has 1 aliphatic rings. The number of hydrogen-bond acceptors (Lipinski definition) is 5. The number of benzene rings is 2. The SMILES string of the molecule is COc1cccc(Oc2ccc(NC(=O)C3(n4cccn4)CCNCC3)cc2)c1.Cl. The number of ether oxygens (including phenoxy) is 2. The van der Waals surface area contributed by atoms with Gasteiger partial charge in [-0.25, -0.2) is 0 Å². The lowest BCUT2D eigenvalue weighted by Gasteiger charge is -2.36. The van der Waals surface area contributed by atoms with Gasteiger partial charge in [0.05, 0.1) is 7.11 Å². The monoisotopic (exact) mass is 428 g/mol. The maximum Gasteiger partial charge on any atom is 0.252 e. The van der Waals surface area contributed by atoms with Crippen molar-refractivity contribution >= 4 is 24.0 Å². The van der Waals surface area contributed by atoms with Crippen molar-refractivity contribution in [1.29, 1.82) is 0 Å². The second-order valence-electron chi connectivity index (χ2n) is 6.99. The van der Waals surface area contributed by atoms with Crippen molar-refractivity contribution in [2.24, 2.45) is 0 Å². The fourth-order valence-corrected chi connectivity index (χ4v) is 3.58. The molecular weight excluding hydrogens is 404 g/mol. The van der Waals surface area contributed by atoms with Crippen LogP contribution in [0.5, 0.6) is 17.2 Å². The Morgan fingerprint density at radius 3 is 2.47 bits per heavy atom. The number of methoxy groups -OCH3 is 1. The Kier molecular flexibility index (Phi) is 6.97. The van der Waals surface area contributed by atoms with Gasteiger partial charge in [-0.05, 0) is 68.4 Å². The first-order valence-corrected chi connectivity index (χ1v) is 9.64. The number of amides is 1. The number of carbonyl (C=O) groups is 1. The van der Waals surface area contributed by atoms with Gasteiger partial charge in [-0.3, -0.25) is 9.48 Å². The van der Waals surface area contributed by atoms with Crippen LogP contribution in [-0.4, -0.2) is 35.9 Å². The molecule has 2 N–H and O–H groups in total. The zero-order chi connectivity index (χ0) is 20.1. The molecule has 0 saturated carbocycles. The summed E-state index contributed by atoms with van der Waals surface area (Å²) < 4.78 is 12.9. The average Bonchev–Trinajstić information content (AvgIpc) is 3.31.